The van der Waals surface area contributed by atoms with E-state index in [0.29, 0.717) is 18.9 Å². The number of hydrogen-bond acceptors (Lipinski definition) is 3. The summed E-state index contributed by atoms with van der Waals surface area (Å²) in [7, 11) is -3.22. The molecule has 0 heterocycles. The third kappa shape index (κ3) is 3.73. The molecule has 112 valence electrons. The smallest absolute Gasteiger partial charge is 0.235 e. The summed E-state index contributed by atoms with van der Waals surface area (Å²) in [6, 6.07) is 7.70. The van der Waals surface area contributed by atoms with Crippen molar-refractivity contribution in [1.82, 2.24) is 0 Å². The Morgan fingerprint density at radius 3 is 2.30 bits per heavy atom. The Labute approximate surface area is 122 Å². The molecule has 1 aromatic rings. The van der Waals surface area contributed by atoms with Crippen molar-refractivity contribution in [3.05, 3.63) is 29.8 Å². The van der Waals surface area contributed by atoms with Gasteiger partial charge in [0, 0.05) is 12.6 Å². The summed E-state index contributed by atoms with van der Waals surface area (Å²) in [4.78, 5) is 0. The van der Waals surface area contributed by atoms with Crippen LogP contribution in [0, 0.1) is 5.92 Å². The Morgan fingerprint density at radius 1 is 1.25 bits per heavy atom. The molecule has 0 aromatic heterocycles. The molecule has 1 aliphatic carbocycles. The van der Waals surface area contributed by atoms with Gasteiger partial charge in [0.25, 0.3) is 0 Å². The van der Waals surface area contributed by atoms with Crippen LogP contribution in [0.1, 0.15) is 38.7 Å². The average Bonchev–Trinajstić information content (AvgIpc) is 3.22. The van der Waals surface area contributed by atoms with Crippen molar-refractivity contribution < 1.29 is 8.42 Å². The van der Waals surface area contributed by atoms with Crippen molar-refractivity contribution in [2.75, 3.05) is 10.1 Å². The van der Waals surface area contributed by atoms with E-state index in [2.05, 4.69) is 0 Å². The zero-order valence-corrected chi connectivity index (χ0v) is 13.1. The highest BCUT2D eigenvalue weighted by atomic mass is 32.2. The lowest BCUT2D eigenvalue weighted by molar-refractivity contribution is 0.569. The molecule has 2 rings (SSSR count). The number of benzene rings is 1. The molecule has 1 saturated carbocycles. The number of rotatable bonds is 7. The monoisotopic (exact) mass is 296 g/mol. The molecular formula is C15H24N2O2S. The van der Waals surface area contributed by atoms with Gasteiger partial charge in [0.1, 0.15) is 0 Å². The molecule has 0 amide bonds. The second-order valence-electron chi connectivity index (χ2n) is 5.90. The molecule has 1 aliphatic rings. The topological polar surface area (TPSA) is 63.4 Å². The van der Waals surface area contributed by atoms with Crippen molar-refractivity contribution in [2.24, 2.45) is 11.7 Å². The summed E-state index contributed by atoms with van der Waals surface area (Å²) in [6.07, 6.45) is 2.62. The average molecular weight is 296 g/mol. The Kier molecular flexibility index (Phi) is 4.70. The lowest BCUT2D eigenvalue weighted by Gasteiger charge is -2.25. The standard InChI is InChI=1S/C15H24N2O2S/c1-12(2)9-10-20(18,19)17(15-7-8-15)14-5-3-13(11-16)4-6-14/h3-6,12,15H,7-11,16H2,1-2H3. The van der Waals surface area contributed by atoms with Gasteiger partial charge in [-0.25, -0.2) is 8.42 Å². The minimum absolute atomic E-state index is 0.149. The molecule has 0 spiro atoms. The Balaban J connectivity index is 2.21. The van der Waals surface area contributed by atoms with E-state index >= 15 is 0 Å². The highest BCUT2D eigenvalue weighted by Gasteiger charge is 2.37. The van der Waals surface area contributed by atoms with Crippen molar-refractivity contribution in [2.45, 2.75) is 45.7 Å². The van der Waals surface area contributed by atoms with Crippen LogP contribution in [0.25, 0.3) is 0 Å². The fraction of sp³-hybridized carbons (Fsp3) is 0.600. The summed E-state index contributed by atoms with van der Waals surface area (Å²) in [5.41, 5.74) is 7.37. The van der Waals surface area contributed by atoms with E-state index in [1.54, 1.807) is 4.31 Å². The Bertz CT molecular complexity index is 533. The van der Waals surface area contributed by atoms with Gasteiger partial charge in [-0.2, -0.15) is 0 Å². The normalized spacial score (nSPS) is 15.6. The van der Waals surface area contributed by atoms with Gasteiger partial charge in [-0.15, -0.1) is 0 Å². The molecule has 1 fully saturated rings. The summed E-state index contributed by atoms with van der Waals surface area (Å²) in [5.74, 6) is 0.616. The van der Waals surface area contributed by atoms with Gasteiger partial charge in [-0.1, -0.05) is 26.0 Å². The fourth-order valence-corrected chi connectivity index (χ4v) is 4.24. The predicted octanol–water partition coefficient (Wildman–Crippen LogP) is 2.49. The third-order valence-electron chi connectivity index (χ3n) is 3.56. The van der Waals surface area contributed by atoms with Gasteiger partial charge in [0.15, 0.2) is 0 Å². The van der Waals surface area contributed by atoms with E-state index in [9.17, 15) is 8.42 Å². The molecular weight excluding hydrogens is 272 g/mol. The van der Waals surface area contributed by atoms with E-state index in [0.717, 1.165) is 24.1 Å². The Morgan fingerprint density at radius 2 is 1.85 bits per heavy atom. The number of anilines is 1. The van der Waals surface area contributed by atoms with Crippen LogP contribution >= 0.6 is 0 Å². The van der Waals surface area contributed by atoms with Crippen molar-refractivity contribution in [3.8, 4) is 0 Å². The highest BCUT2D eigenvalue weighted by Crippen LogP contribution is 2.34. The molecule has 4 nitrogen and oxygen atoms in total. The molecule has 0 saturated heterocycles. The van der Waals surface area contributed by atoms with Gasteiger partial charge in [-0.3, -0.25) is 4.31 Å². The lowest BCUT2D eigenvalue weighted by Crippen LogP contribution is -2.35. The van der Waals surface area contributed by atoms with Gasteiger partial charge in [0.2, 0.25) is 10.0 Å². The number of hydrogen-bond donors (Lipinski definition) is 1. The summed E-state index contributed by atoms with van der Waals surface area (Å²) in [6.45, 7) is 4.57. The van der Waals surface area contributed by atoms with Crippen molar-refractivity contribution in [3.63, 3.8) is 0 Å². The van der Waals surface area contributed by atoms with Crippen LogP contribution in [0.4, 0.5) is 5.69 Å². The van der Waals surface area contributed by atoms with Crippen LogP contribution in [0.2, 0.25) is 0 Å². The molecule has 0 atom stereocenters. The minimum Gasteiger partial charge on any atom is -0.326 e. The van der Waals surface area contributed by atoms with Crippen molar-refractivity contribution >= 4 is 15.7 Å². The largest absolute Gasteiger partial charge is 0.326 e. The molecule has 0 aliphatic heterocycles. The van der Waals surface area contributed by atoms with E-state index < -0.39 is 10.0 Å². The maximum atomic E-state index is 12.6. The fourth-order valence-electron chi connectivity index (χ4n) is 2.17. The first-order chi connectivity index (χ1) is 9.44. The molecule has 0 unspecified atom stereocenters. The van der Waals surface area contributed by atoms with E-state index in [-0.39, 0.29) is 11.8 Å². The number of nitrogens with zero attached hydrogens (tertiary/aromatic N) is 1. The summed E-state index contributed by atoms with van der Waals surface area (Å²) < 4.78 is 26.8. The van der Waals surface area contributed by atoms with Crippen LogP contribution in [-0.2, 0) is 16.6 Å². The lowest BCUT2D eigenvalue weighted by atomic mass is 10.2. The Hall–Kier alpha value is -1.07. The summed E-state index contributed by atoms with van der Waals surface area (Å²) >= 11 is 0. The molecule has 1 aromatic carbocycles. The van der Waals surface area contributed by atoms with E-state index in [4.69, 9.17) is 5.73 Å². The zero-order valence-electron chi connectivity index (χ0n) is 12.2. The number of sulfonamides is 1. The zero-order chi connectivity index (χ0) is 14.8. The molecule has 20 heavy (non-hydrogen) atoms. The number of nitrogens with two attached hydrogens (primary N) is 1. The van der Waals surface area contributed by atoms with E-state index in [1.165, 1.54) is 0 Å². The molecule has 2 N–H and O–H groups in total. The van der Waals surface area contributed by atoms with Gasteiger partial charge < -0.3 is 5.73 Å². The van der Waals surface area contributed by atoms with E-state index in [1.807, 2.05) is 38.1 Å². The van der Waals surface area contributed by atoms with Crippen LogP contribution in [-0.4, -0.2) is 20.2 Å². The minimum atomic E-state index is -3.22. The molecule has 0 bridgehead atoms. The van der Waals surface area contributed by atoms with Crippen LogP contribution in [0.5, 0.6) is 0 Å². The summed E-state index contributed by atoms with van der Waals surface area (Å²) in [5, 5.41) is 0. The van der Waals surface area contributed by atoms with Crippen LogP contribution in [0.15, 0.2) is 24.3 Å². The molecule has 0 radical (unpaired) electrons. The molecule has 5 heteroatoms. The second-order valence-corrected chi connectivity index (χ2v) is 7.86. The SMILES string of the molecule is CC(C)CCS(=O)(=O)N(c1ccc(CN)cc1)C1CC1. The maximum absolute atomic E-state index is 12.6. The van der Waals surface area contributed by atoms with Gasteiger partial charge >= 0.3 is 0 Å². The van der Waals surface area contributed by atoms with Crippen LogP contribution in [0.3, 0.4) is 0 Å². The third-order valence-corrected chi connectivity index (χ3v) is 5.42. The first-order valence-electron chi connectivity index (χ1n) is 7.25. The van der Waals surface area contributed by atoms with Crippen LogP contribution < -0.4 is 10.0 Å². The van der Waals surface area contributed by atoms with Crippen molar-refractivity contribution in [1.29, 1.82) is 0 Å². The first kappa shape index (κ1) is 15.3. The predicted molar refractivity (Wildman–Crippen MR) is 83.1 cm³/mol. The second kappa shape index (κ2) is 6.14. The van der Waals surface area contributed by atoms with Gasteiger partial charge in [0.05, 0.1) is 11.4 Å². The highest BCUT2D eigenvalue weighted by molar-refractivity contribution is 7.92. The maximum Gasteiger partial charge on any atom is 0.235 e. The quantitative estimate of drug-likeness (QED) is 0.841. The first-order valence-corrected chi connectivity index (χ1v) is 8.86. The van der Waals surface area contributed by atoms with Gasteiger partial charge in [-0.05, 0) is 42.9 Å².